The van der Waals surface area contributed by atoms with E-state index in [1.165, 1.54) is 0 Å². The van der Waals surface area contributed by atoms with Gasteiger partial charge in [-0.15, -0.1) is 6.58 Å². The lowest BCUT2D eigenvalue weighted by Gasteiger charge is -2.26. The lowest BCUT2D eigenvalue weighted by atomic mass is 10.1. The van der Waals surface area contributed by atoms with Crippen LogP contribution in [-0.4, -0.2) is 48.3 Å². The normalized spacial score (nSPS) is 11.7. The van der Waals surface area contributed by atoms with E-state index in [-0.39, 0.29) is 12.1 Å². The van der Waals surface area contributed by atoms with Crippen LogP contribution < -0.4 is 0 Å². The molecule has 0 rings (SSSR count). The molecule has 0 aromatic heterocycles. The van der Waals surface area contributed by atoms with Crippen LogP contribution in [0.2, 0.25) is 0 Å². The quantitative estimate of drug-likeness (QED) is 0.621. The summed E-state index contributed by atoms with van der Waals surface area (Å²) in [6, 6.07) is 0. The van der Waals surface area contributed by atoms with Gasteiger partial charge in [0.2, 0.25) is 0 Å². The topological polar surface area (TPSA) is 49.8 Å². The van der Waals surface area contributed by atoms with Crippen molar-refractivity contribution in [2.24, 2.45) is 0 Å². The van der Waals surface area contributed by atoms with Gasteiger partial charge in [-0.2, -0.15) is 0 Å². The summed E-state index contributed by atoms with van der Waals surface area (Å²) < 4.78 is 5.27. The Hall–Kier alpha value is -0.870. The maximum Gasteiger partial charge on any atom is 0.317 e. The van der Waals surface area contributed by atoms with Gasteiger partial charge in [-0.05, 0) is 20.3 Å². The SMILES string of the molecule is C=CCN(CCC(C)(C)OC)CC(=O)O. The highest BCUT2D eigenvalue weighted by molar-refractivity contribution is 5.69. The molecular weight excluding hydrogens is 194 g/mol. The van der Waals surface area contributed by atoms with E-state index in [1.807, 2.05) is 18.7 Å². The van der Waals surface area contributed by atoms with Crippen molar-refractivity contribution in [3.8, 4) is 0 Å². The molecule has 0 fully saturated rings. The molecule has 88 valence electrons. The molecule has 1 N–H and O–H groups in total. The number of rotatable bonds is 8. The van der Waals surface area contributed by atoms with E-state index in [4.69, 9.17) is 9.84 Å². The summed E-state index contributed by atoms with van der Waals surface area (Å²) >= 11 is 0. The number of hydrogen-bond donors (Lipinski definition) is 1. The molecule has 0 aromatic carbocycles. The van der Waals surface area contributed by atoms with Crippen molar-refractivity contribution in [2.45, 2.75) is 25.9 Å². The fourth-order valence-corrected chi connectivity index (χ4v) is 1.14. The fraction of sp³-hybridized carbons (Fsp3) is 0.727. The first-order valence-corrected chi connectivity index (χ1v) is 5.01. The summed E-state index contributed by atoms with van der Waals surface area (Å²) in [4.78, 5) is 12.4. The Morgan fingerprint density at radius 3 is 2.60 bits per heavy atom. The molecule has 4 nitrogen and oxygen atoms in total. The Morgan fingerprint density at radius 1 is 1.60 bits per heavy atom. The molecule has 0 unspecified atom stereocenters. The van der Waals surface area contributed by atoms with Gasteiger partial charge in [0, 0.05) is 20.2 Å². The van der Waals surface area contributed by atoms with Crippen LogP contribution in [0, 0.1) is 0 Å². The zero-order valence-corrected chi connectivity index (χ0v) is 9.82. The van der Waals surface area contributed by atoms with Crippen LogP contribution in [0.5, 0.6) is 0 Å². The lowest BCUT2D eigenvalue weighted by molar-refractivity contribution is -0.138. The Balaban J connectivity index is 4.05. The average molecular weight is 215 g/mol. The zero-order chi connectivity index (χ0) is 11.9. The molecule has 0 saturated heterocycles. The van der Waals surface area contributed by atoms with Gasteiger partial charge in [-0.3, -0.25) is 9.69 Å². The highest BCUT2D eigenvalue weighted by Gasteiger charge is 2.18. The summed E-state index contributed by atoms with van der Waals surface area (Å²) in [5.41, 5.74) is -0.210. The summed E-state index contributed by atoms with van der Waals surface area (Å²) in [6.45, 7) is 8.91. The minimum Gasteiger partial charge on any atom is -0.480 e. The van der Waals surface area contributed by atoms with Gasteiger partial charge >= 0.3 is 5.97 Å². The van der Waals surface area contributed by atoms with E-state index >= 15 is 0 Å². The largest absolute Gasteiger partial charge is 0.480 e. The minimum absolute atomic E-state index is 0.0474. The van der Waals surface area contributed by atoms with E-state index in [0.717, 1.165) is 6.42 Å². The van der Waals surface area contributed by atoms with Crippen LogP contribution >= 0.6 is 0 Å². The molecule has 0 radical (unpaired) electrons. The first-order chi connectivity index (χ1) is 6.91. The molecule has 0 aliphatic carbocycles. The van der Waals surface area contributed by atoms with E-state index < -0.39 is 5.97 Å². The van der Waals surface area contributed by atoms with Crippen molar-refractivity contribution in [2.75, 3.05) is 26.7 Å². The van der Waals surface area contributed by atoms with Crippen molar-refractivity contribution < 1.29 is 14.6 Å². The second-order valence-electron chi connectivity index (χ2n) is 4.13. The van der Waals surface area contributed by atoms with Gasteiger partial charge in [0.05, 0.1) is 12.1 Å². The van der Waals surface area contributed by atoms with E-state index in [0.29, 0.717) is 13.1 Å². The van der Waals surface area contributed by atoms with Gasteiger partial charge in [0.1, 0.15) is 0 Å². The number of aliphatic carboxylic acids is 1. The van der Waals surface area contributed by atoms with Crippen molar-refractivity contribution in [3.63, 3.8) is 0 Å². The van der Waals surface area contributed by atoms with E-state index in [9.17, 15) is 4.79 Å². The molecule has 15 heavy (non-hydrogen) atoms. The van der Waals surface area contributed by atoms with Gasteiger partial charge in [-0.1, -0.05) is 6.08 Å². The number of carboxylic acid groups (broad SMARTS) is 1. The van der Waals surface area contributed by atoms with Gasteiger partial charge in [0.15, 0.2) is 0 Å². The molecule has 0 aliphatic heterocycles. The first-order valence-electron chi connectivity index (χ1n) is 5.01. The van der Waals surface area contributed by atoms with Gasteiger partial charge < -0.3 is 9.84 Å². The number of nitrogens with zero attached hydrogens (tertiary/aromatic N) is 1. The van der Waals surface area contributed by atoms with Gasteiger partial charge in [-0.25, -0.2) is 0 Å². The molecule has 0 heterocycles. The Labute approximate surface area is 91.5 Å². The number of carboxylic acids is 1. The fourth-order valence-electron chi connectivity index (χ4n) is 1.14. The summed E-state index contributed by atoms with van der Waals surface area (Å²) in [5.74, 6) is -0.813. The van der Waals surface area contributed by atoms with Crippen LogP contribution in [0.25, 0.3) is 0 Å². The summed E-state index contributed by atoms with van der Waals surface area (Å²) in [5, 5.41) is 8.69. The number of methoxy groups -OCH3 is 1. The van der Waals surface area contributed by atoms with Crippen molar-refractivity contribution in [1.82, 2.24) is 4.90 Å². The Morgan fingerprint density at radius 2 is 2.20 bits per heavy atom. The maximum atomic E-state index is 10.6. The molecule has 0 bridgehead atoms. The second kappa shape index (κ2) is 6.58. The highest BCUT2D eigenvalue weighted by atomic mass is 16.5. The standard InChI is InChI=1S/C11H21NO3/c1-5-7-12(9-10(13)14)8-6-11(2,3)15-4/h5H,1,6-9H2,2-4H3,(H,13,14). The highest BCUT2D eigenvalue weighted by Crippen LogP contribution is 2.13. The zero-order valence-electron chi connectivity index (χ0n) is 9.82. The van der Waals surface area contributed by atoms with Crippen LogP contribution in [0.3, 0.4) is 0 Å². The Bertz CT molecular complexity index is 214. The molecule has 0 aromatic rings. The van der Waals surface area contributed by atoms with E-state index in [2.05, 4.69) is 6.58 Å². The van der Waals surface area contributed by atoms with Crippen LogP contribution in [0.1, 0.15) is 20.3 Å². The third-order valence-electron chi connectivity index (χ3n) is 2.33. The Kier molecular flexibility index (Phi) is 6.20. The maximum absolute atomic E-state index is 10.6. The molecule has 0 spiro atoms. The van der Waals surface area contributed by atoms with Crippen LogP contribution in [0.15, 0.2) is 12.7 Å². The third kappa shape index (κ3) is 7.11. The third-order valence-corrected chi connectivity index (χ3v) is 2.33. The van der Waals surface area contributed by atoms with Crippen molar-refractivity contribution in [3.05, 3.63) is 12.7 Å². The molecule has 0 atom stereocenters. The average Bonchev–Trinajstić information content (AvgIpc) is 2.14. The number of carbonyl (C=O) groups is 1. The first kappa shape index (κ1) is 14.1. The van der Waals surface area contributed by atoms with E-state index in [1.54, 1.807) is 13.2 Å². The van der Waals surface area contributed by atoms with Crippen LogP contribution in [-0.2, 0) is 9.53 Å². The van der Waals surface area contributed by atoms with Crippen molar-refractivity contribution >= 4 is 5.97 Å². The number of ether oxygens (including phenoxy) is 1. The second-order valence-corrected chi connectivity index (χ2v) is 4.13. The molecule has 4 heteroatoms. The summed E-state index contributed by atoms with van der Waals surface area (Å²) in [7, 11) is 1.66. The lowest BCUT2D eigenvalue weighted by Crippen LogP contribution is -2.35. The van der Waals surface area contributed by atoms with Crippen molar-refractivity contribution in [1.29, 1.82) is 0 Å². The minimum atomic E-state index is -0.813. The number of hydrogen-bond acceptors (Lipinski definition) is 3. The molecule has 0 aliphatic rings. The molecule has 0 saturated carbocycles. The molecule has 0 amide bonds. The van der Waals surface area contributed by atoms with Gasteiger partial charge in [0.25, 0.3) is 0 Å². The predicted octanol–water partition coefficient (Wildman–Crippen LogP) is 1.37. The monoisotopic (exact) mass is 215 g/mol. The molecular formula is C11H21NO3. The summed E-state index contributed by atoms with van der Waals surface area (Å²) in [6.07, 6.45) is 2.51. The predicted molar refractivity (Wildman–Crippen MR) is 60.0 cm³/mol. The smallest absolute Gasteiger partial charge is 0.317 e. The van der Waals surface area contributed by atoms with Crippen LogP contribution in [0.4, 0.5) is 0 Å².